The third-order valence-electron chi connectivity index (χ3n) is 5.04. The van der Waals surface area contributed by atoms with Crippen molar-refractivity contribution in [2.24, 2.45) is 0 Å². The molecule has 1 aromatic heterocycles. The highest BCUT2D eigenvalue weighted by molar-refractivity contribution is 5.99. The van der Waals surface area contributed by atoms with Crippen molar-refractivity contribution in [3.05, 3.63) is 54.0 Å². The monoisotopic (exact) mass is 335 g/mol. The SMILES string of the molecule is Cc1cccc(F)c1-c1cc(N2CCCCC2)c2cc(N)ncc2c1. The number of hydrogen-bond donors (Lipinski definition) is 1. The molecule has 0 saturated carbocycles. The van der Waals surface area contributed by atoms with E-state index in [4.69, 9.17) is 5.73 Å². The molecule has 1 fully saturated rings. The molecular formula is C21H22FN3. The summed E-state index contributed by atoms with van der Waals surface area (Å²) < 4.78 is 14.5. The summed E-state index contributed by atoms with van der Waals surface area (Å²) in [5.41, 5.74) is 9.56. The summed E-state index contributed by atoms with van der Waals surface area (Å²) in [5.74, 6) is 0.327. The quantitative estimate of drug-likeness (QED) is 0.722. The number of fused-ring (bicyclic) bond motifs is 1. The maximum atomic E-state index is 14.5. The Labute approximate surface area is 147 Å². The summed E-state index contributed by atoms with van der Waals surface area (Å²) in [5, 5.41) is 2.09. The average molecular weight is 335 g/mol. The third-order valence-corrected chi connectivity index (χ3v) is 5.04. The lowest BCUT2D eigenvalue weighted by Gasteiger charge is -2.30. The highest BCUT2D eigenvalue weighted by Gasteiger charge is 2.17. The Morgan fingerprint density at radius 3 is 2.64 bits per heavy atom. The maximum absolute atomic E-state index is 14.5. The molecule has 2 N–H and O–H groups in total. The zero-order valence-corrected chi connectivity index (χ0v) is 14.4. The Bertz CT molecular complexity index is 910. The number of nitrogen functional groups attached to an aromatic ring is 1. The lowest BCUT2D eigenvalue weighted by molar-refractivity contribution is 0.579. The van der Waals surface area contributed by atoms with E-state index in [1.807, 2.05) is 25.1 Å². The molecule has 3 nitrogen and oxygen atoms in total. The van der Waals surface area contributed by atoms with Crippen LogP contribution in [-0.2, 0) is 0 Å². The number of nitrogens with two attached hydrogens (primary N) is 1. The molecule has 0 aliphatic carbocycles. The molecular weight excluding hydrogens is 313 g/mol. The van der Waals surface area contributed by atoms with E-state index in [0.717, 1.165) is 40.7 Å². The first-order chi connectivity index (χ1) is 12.1. The minimum atomic E-state index is -0.188. The summed E-state index contributed by atoms with van der Waals surface area (Å²) in [6.07, 6.45) is 5.43. The van der Waals surface area contributed by atoms with Gasteiger partial charge in [-0.1, -0.05) is 12.1 Å². The number of rotatable bonds is 2. The fourth-order valence-corrected chi connectivity index (χ4v) is 3.79. The van der Waals surface area contributed by atoms with Gasteiger partial charge in [-0.05, 0) is 61.6 Å². The average Bonchev–Trinajstić information content (AvgIpc) is 2.62. The minimum absolute atomic E-state index is 0.188. The van der Waals surface area contributed by atoms with Gasteiger partial charge >= 0.3 is 0 Å². The molecule has 2 heterocycles. The standard InChI is InChI=1S/C21H22FN3/c1-14-6-5-7-18(22)21(14)15-10-16-13-24-20(23)12-17(16)19(11-15)25-8-3-2-4-9-25/h5-7,10-13H,2-4,8-9H2,1H3,(H2,23,24). The van der Waals surface area contributed by atoms with Crippen molar-refractivity contribution in [2.75, 3.05) is 23.7 Å². The number of pyridine rings is 1. The van der Waals surface area contributed by atoms with Crippen LogP contribution in [0.2, 0.25) is 0 Å². The van der Waals surface area contributed by atoms with Gasteiger partial charge < -0.3 is 10.6 Å². The Morgan fingerprint density at radius 1 is 1.08 bits per heavy atom. The van der Waals surface area contributed by atoms with Gasteiger partial charge in [-0.2, -0.15) is 0 Å². The maximum Gasteiger partial charge on any atom is 0.131 e. The van der Waals surface area contributed by atoms with Gasteiger partial charge in [0.05, 0.1) is 0 Å². The Kier molecular flexibility index (Phi) is 4.04. The lowest BCUT2D eigenvalue weighted by atomic mass is 9.96. The zero-order valence-electron chi connectivity index (χ0n) is 14.4. The van der Waals surface area contributed by atoms with Crippen LogP contribution in [0.3, 0.4) is 0 Å². The van der Waals surface area contributed by atoms with Gasteiger partial charge in [0.25, 0.3) is 0 Å². The number of aromatic nitrogens is 1. The molecule has 0 atom stereocenters. The molecule has 3 aromatic rings. The number of anilines is 2. The van der Waals surface area contributed by atoms with Crippen LogP contribution in [0, 0.1) is 12.7 Å². The first-order valence-electron chi connectivity index (χ1n) is 8.83. The van der Waals surface area contributed by atoms with Crippen molar-refractivity contribution in [2.45, 2.75) is 26.2 Å². The normalized spacial score (nSPS) is 14.9. The number of hydrogen-bond acceptors (Lipinski definition) is 3. The van der Waals surface area contributed by atoms with Crippen molar-refractivity contribution >= 4 is 22.3 Å². The van der Waals surface area contributed by atoms with E-state index in [9.17, 15) is 4.39 Å². The number of nitrogens with zero attached hydrogens (tertiary/aromatic N) is 2. The topological polar surface area (TPSA) is 42.1 Å². The summed E-state index contributed by atoms with van der Waals surface area (Å²) >= 11 is 0. The van der Waals surface area contributed by atoms with Crippen LogP contribution in [0.15, 0.2) is 42.6 Å². The van der Waals surface area contributed by atoms with Crippen LogP contribution >= 0.6 is 0 Å². The smallest absolute Gasteiger partial charge is 0.131 e. The molecule has 128 valence electrons. The van der Waals surface area contributed by atoms with Gasteiger partial charge in [-0.3, -0.25) is 0 Å². The molecule has 2 aromatic carbocycles. The van der Waals surface area contributed by atoms with Gasteiger partial charge in [0, 0.05) is 41.3 Å². The Hall–Kier alpha value is -2.62. The Balaban J connectivity index is 1.96. The predicted molar refractivity (Wildman–Crippen MR) is 102 cm³/mol. The second-order valence-corrected chi connectivity index (χ2v) is 6.81. The van der Waals surface area contributed by atoms with E-state index >= 15 is 0 Å². The van der Waals surface area contributed by atoms with Crippen molar-refractivity contribution in [1.29, 1.82) is 0 Å². The first kappa shape index (κ1) is 15.9. The highest BCUT2D eigenvalue weighted by Crippen LogP contribution is 2.37. The van der Waals surface area contributed by atoms with Gasteiger partial charge in [0.1, 0.15) is 11.6 Å². The van der Waals surface area contributed by atoms with Crippen molar-refractivity contribution in [1.82, 2.24) is 4.98 Å². The fourth-order valence-electron chi connectivity index (χ4n) is 3.79. The molecule has 4 rings (SSSR count). The fraction of sp³-hybridized carbons (Fsp3) is 0.286. The molecule has 1 saturated heterocycles. The molecule has 25 heavy (non-hydrogen) atoms. The number of aryl methyl sites for hydroxylation is 1. The lowest BCUT2D eigenvalue weighted by Crippen LogP contribution is -2.29. The van der Waals surface area contributed by atoms with Crippen LogP contribution in [0.1, 0.15) is 24.8 Å². The van der Waals surface area contributed by atoms with Crippen LogP contribution in [0.4, 0.5) is 15.9 Å². The summed E-state index contributed by atoms with van der Waals surface area (Å²) in [4.78, 5) is 6.63. The zero-order chi connectivity index (χ0) is 17.4. The molecule has 0 spiro atoms. The van der Waals surface area contributed by atoms with Gasteiger partial charge in [0.2, 0.25) is 0 Å². The van der Waals surface area contributed by atoms with Crippen LogP contribution in [0.5, 0.6) is 0 Å². The van der Waals surface area contributed by atoms with E-state index in [1.165, 1.54) is 25.3 Å². The molecule has 0 bridgehead atoms. The molecule has 1 aliphatic heterocycles. The van der Waals surface area contributed by atoms with Crippen LogP contribution < -0.4 is 10.6 Å². The minimum Gasteiger partial charge on any atom is -0.384 e. The molecule has 0 unspecified atom stereocenters. The van der Waals surface area contributed by atoms with E-state index in [-0.39, 0.29) is 5.82 Å². The summed E-state index contributed by atoms with van der Waals surface area (Å²) in [6, 6.07) is 11.3. The van der Waals surface area contributed by atoms with Crippen molar-refractivity contribution in [3.8, 4) is 11.1 Å². The summed E-state index contributed by atoms with van der Waals surface area (Å²) in [7, 11) is 0. The summed E-state index contributed by atoms with van der Waals surface area (Å²) in [6.45, 7) is 4.00. The number of halogens is 1. The van der Waals surface area contributed by atoms with E-state index in [0.29, 0.717) is 11.4 Å². The highest BCUT2D eigenvalue weighted by atomic mass is 19.1. The predicted octanol–water partition coefficient (Wildman–Crippen LogP) is 4.92. The van der Waals surface area contributed by atoms with E-state index in [2.05, 4.69) is 16.0 Å². The van der Waals surface area contributed by atoms with Gasteiger partial charge in [-0.25, -0.2) is 9.37 Å². The van der Waals surface area contributed by atoms with E-state index < -0.39 is 0 Å². The van der Waals surface area contributed by atoms with E-state index in [1.54, 1.807) is 12.3 Å². The number of benzene rings is 2. The Morgan fingerprint density at radius 2 is 1.88 bits per heavy atom. The third kappa shape index (κ3) is 2.93. The van der Waals surface area contributed by atoms with Crippen molar-refractivity contribution in [3.63, 3.8) is 0 Å². The number of piperidine rings is 1. The first-order valence-corrected chi connectivity index (χ1v) is 8.83. The second-order valence-electron chi connectivity index (χ2n) is 6.81. The molecule has 0 radical (unpaired) electrons. The van der Waals surface area contributed by atoms with Crippen molar-refractivity contribution < 1.29 is 4.39 Å². The molecule has 0 amide bonds. The van der Waals surface area contributed by atoms with Gasteiger partial charge in [-0.15, -0.1) is 0 Å². The largest absolute Gasteiger partial charge is 0.384 e. The van der Waals surface area contributed by atoms with Gasteiger partial charge in [0.15, 0.2) is 0 Å². The second kappa shape index (κ2) is 6.36. The van der Waals surface area contributed by atoms with Crippen LogP contribution in [0.25, 0.3) is 21.9 Å². The van der Waals surface area contributed by atoms with Crippen LogP contribution in [-0.4, -0.2) is 18.1 Å². The molecule has 1 aliphatic rings. The molecule has 4 heteroatoms.